The molecule has 0 radical (unpaired) electrons. The van der Waals surface area contributed by atoms with Gasteiger partial charge in [0.15, 0.2) is 5.60 Å². The monoisotopic (exact) mass is 410 g/mol. The van der Waals surface area contributed by atoms with Gasteiger partial charge in [-0.2, -0.15) is 27.2 Å². The molecule has 11 heteroatoms. The van der Waals surface area contributed by atoms with Gasteiger partial charge in [0.2, 0.25) is 0 Å². The van der Waals surface area contributed by atoms with Gasteiger partial charge >= 0.3 is 12.1 Å². The van der Waals surface area contributed by atoms with Crippen molar-refractivity contribution in [3.63, 3.8) is 0 Å². The van der Waals surface area contributed by atoms with Crippen LogP contribution in [0.4, 0.5) is 30.7 Å². The van der Waals surface area contributed by atoms with Crippen molar-refractivity contribution in [2.75, 3.05) is 19.9 Å². The molecular weight excluding hydrogens is 397 g/mol. The van der Waals surface area contributed by atoms with E-state index in [0.717, 1.165) is 0 Å². The van der Waals surface area contributed by atoms with Gasteiger partial charge in [0.1, 0.15) is 19.1 Å². The normalized spacial score (nSPS) is 15.7. The fourth-order valence-electron chi connectivity index (χ4n) is 2.46. The molecule has 1 aromatic rings. The summed E-state index contributed by atoms with van der Waals surface area (Å²) in [6.07, 6.45) is -5.31. The van der Waals surface area contributed by atoms with E-state index in [2.05, 4.69) is 5.32 Å². The van der Waals surface area contributed by atoms with Gasteiger partial charge in [0.25, 0.3) is 5.91 Å². The molecule has 1 aliphatic rings. The molecular formula is C17H13F7N2O2. The van der Waals surface area contributed by atoms with E-state index in [4.69, 9.17) is 10.00 Å². The van der Waals surface area contributed by atoms with Crippen LogP contribution >= 0.6 is 0 Å². The SMILES string of the molecule is N#CCCNC(=O)C1=CC(CF)(CF)Oc2ccc(C(F)(F)C(F)(F)F)cc21. The quantitative estimate of drug-likeness (QED) is 0.573. The minimum Gasteiger partial charge on any atom is -0.477 e. The first-order chi connectivity index (χ1) is 13.0. The van der Waals surface area contributed by atoms with Gasteiger partial charge in [0, 0.05) is 17.7 Å². The number of nitriles is 1. The van der Waals surface area contributed by atoms with Crippen molar-refractivity contribution in [2.24, 2.45) is 0 Å². The maximum Gasteiger partial charge on any atom is 0.458 e. The fourth-order valence-corrected chi connectivity index (χ4v) is 2.46. The molecule has 0 aliphatic carbocycles. The first-order valence-corrected chi connectivity index (χ1v) is 7.80. The summed E-state index contributed by atoms with van der Waals surface area (Å²) in [5.41, 5.74) is -4.70. The Kier molecular flexibility index (Phi) is 5.91. The zero-order valence-corrected chi connectivity index (χ0v) is 14.0. The van der Waals surface area contributed by atoms with Crippen LogP contribution in [0.15, 0.2) is 24.3 Å². The highest BCUT2D eigenvalue weighted by atomic mass is 19.4. The predicted octanol–water partition coefficient (Wildman–Crippen LogP) is 3.82. The number of rotatable bonds is 6. The maximum atomic E-state index is 13.7. The molecule has 0 saturated heterocycles. The summed E-state index contributed by atoms with van der Waals surface area (Å²) in [5, 5.41) is 10.7. The van der Waals surface area contributed by atoms with Crippen LogP contribution in [0.2, 0.25) is 0 Å². The van der Waals surface area contributed by atoms with Gasteiger partial charge in [-0.25, -0.2) is 8.78 Å². The Morgan fingerprint density at radius 3 is 2.36 bits per heavy atom. The van der Waals surface area contributed by atoms with E-state index in [1.54, 1.807) is 6.07 Å². The van der Waals surface area contributed by atoms with Crippen molar-refractivity contribution in [1.29, 1.82) is 5.26 Å². The lowest BCUT2D eigenvalue weighted by molar-refractivity contribution is -0.289. The first-order valence-electron chi connectivity index (χ1n) is 7.80. The number of ether oxygens (including phenoxy) is 1. The fraction of sp³-hybridized carbons (Fsp3) is 0.412. The molecule has 4 nitrogen and oxygen atoms in total. The van der Waals surface area contributed by atoms with E-state index >= 15 is 0 Å². The summed E-state index contributed by atoms with van der Waals surface area (Å²) in [5.74, 6) is -6.65. The van der Waals surface area contributed by atoms with Gasteiger partial charge < -0.3 is 10.1 Å². The number of hydrogen-bond acceptors (Lipinski definition) is 3. The van der Waals surface area contributed by atoms with Crippen LogP contribution < -0.4 is 10.1 Å². The highest BCUT2D eigenvalue weighted by molar-refractivity contribution is 6.20. The molecule has 1 heterocycles. The molecule has 0 saturated carbocycles. The minimum atomic E-state index is -5.89. The van der Waals surface area contributed by atoms with Crippen LogP contribution in [-0.2, 0) is 10.7 Å². The average molecular weight is 410 g/mol. The topological polar surface area (TPSA) is 62.1 Å². The minimum absolute atomic E-state index is 0.119. The number of fused-ring (bicyclic) bond motifs is 1. The second kappa shape index (κ2) is 7.69. The van der Waals surface area contributed by atoms with E-state index < -0.39 is 59.4 Å². The Morgan fingerprint density at radius 2 is 1.82 bits per heavy atom. The summed E-state index contributed by atoms with van der Waals surface area (Å²) in [4.78, 5) is 12.3. The first kappa shape index (κ1) is 21.5. The molecule has 1 aliphatic heterocycles. The third-order valence-electron chi connectivity index (χ3n) is 3.93. The zero-order valence-electron chi connectivity index (χ0n) is 14.0. The van der Waals surface area contributed by atoms with E-state index in [1.165, 1.54) is 0 Å². The number of amides is 1. The van der Waals surface area contributed by atoms with E-state index in [1.807, 2.05) is 0 Å². The number of nitrogens with one attached hydrogen (secondary N) is 1. The zero-order chi connectivity index (χ0) is 21.2. The highest BCUT2D eigenvalue weighted by Crippen LogP contribution is 2.46. The number of carbonyl (C=O) groups excluding carboxylic acids is 1. The molecule has 0 bridgehead atoms. The summed E-state index contributed by atoms with van der Waals surface area (Å²) in [7, 11) is 0. The Morgan fingerprint density at radius 1 is 1.18 bits per heavy atom. The van der Waals surface area contributed by atoms with Gasteiger partial charge in [-0.05, 0) is 24.3 Å². The maximum absolute atomic E-state index is 13.7. The Hall–Kier alpha value is -2.77. The van der Waals surface area contributed by atoms with Crippen LogP contribution in [0.3, 0.4) is 0 Å². The molecule has 0 atom stereocenters. The lowest BCUT2D eigenvalue weighted by atomic mass is 9.91. The second-order valence-electron chi connectivity index (χ2n) is 5.94. The highest BCUT2D eigenvalue weighted by Gasteiger charge is 2.59. The molecule has 1 N–H and O–H groups in total. The van der Waals surface area contributed by atoms with Crippen molar-refractivity contribution >= 4 is 11.5 Å². The third kappa shape index (κ3) is 3.90. The molecule has 0 fully saturated rings. The Bertz CT molecular complexity index is 824. The second-order valence-corrected chi connectivity index (χ2v) is 5.94. The Balaban J connectivity index is 2.56. The van der Waals surface area contributed by atoms with E-state index in [-0.39, 0.29) is 13.0 Å². The lowest BCUT2D eigenvalue weighted by Gasteiger charge is -2.33. The molecule has 0 spiro atoms. The van der Waals surface area contributed by atoms with Gasteiger partial charge in [0.05, 0.1) is 18.1 Å². The molecule has 0 aromatic heterocycles. The van der Waals surface area contributed by atoms with Gasteiger partial charge in [-0.1, -0.05) is 0 Å². The molecule has 0 unspecified atom stereocenters. The summed E-state index contributed by atoms with van der Waals surface area (Å²) in [6.45, 7) is -3.00. The molecule has 1 amide bonds. The van der Waals surface area contributed by atoms with E-state index in [0.29, 0.717) is 24.3 Å². The predicted molar refractivity (Wildman–Crippen MR) is 82.9 cm³/mol. The number of alkyl halides is 7. The van der Waals surface area contributed by atoms with Crippen molar-refractivity contribution < 1.29 is 40.3 Å². The van der Waals surface area contributed by atoms with Crippen LogP contribution in [0.5, 0.6) is 5.75 Å². The van der Waals surface area contributed by atoms with Gasteiger partial charge in [-0.15, -0.1) is 0 Å². The van der Waals surface area contributed by atoms with Crippen molar-refractivity contribution in [1.82, 2.24) is 5.32 Å². The summed E-state index contributed by atoms with van der Waals surface area (Å²) < 4.78 is 97.0. The number of benzene rings is 1. The van der Waals surface area contributed by atoms with Crippen LogP contribution in [0.25, 0.3) is 5.57 Å². The number of nitrogens with zero attached hydrogens (tertiary/aromatic N) is 1. The molecule has 2 rings (SSSR count). The van der Waals surface area contributed by atoms with Crippen molar-refractivity contribution in [3.8, 4) is 11.8 Å². The summed E-state index contributed by atoms with van der Waals surface area (Å²) >= 11 is 0. The smallest absolute Gasteiger partial charge is 0.458 e. The van der Waals surface area contributed by atoms with Crippen LogP contribution in [0, 0.1) is 11.3 Å². The van der Waals surface area contributed by atoms with E-state index in [9.17, 15) is 35.5 Å². The molecule has 152 valence electrons. The number of hydrogen-bond donors (Lipinski definition) is 1. The number of carbonyl (C=O) groups is 1. The molecule has 28 heavy (non-hydrogen) atoms. The van der Waals surface area contributed by atoms with Crippen molar-refractivity contribution in [2.45, 2.75) is 24.1 Å². The Labute approximate surface area is 154 Å². The third-order valence-corrected chi connectivity index (χ3v) is 3.93. The average Bonchev–Trinajstić information content (AvgIpc) is 2.65. The molecule has 1 aromatic carbocycles. The standard InChI is InChI=1S/C17H13F7N2O2/c18-8-15(9-19)7-12(14(27)26-5-1-4-25)11-6-10(2-3-13(11)28-15)16(20,21)17(22,23)24/h2-3,6-7H,1,5,8-9H2,(H,26,27). The van der Waals surface area contributed by atoms with Gasteiger partial charge in [-0.3, -0.25) is 4.79 Å². The van der Waals surface area contributed by atoms with Crippen molar-refractivity contribution in [3.05, 3.63) is 35.4 Å². The summed E-state index contributed by atoms with van der Waals surface area (Å²) in [6, 6.07) is 3.22. The largest absolute Gasteiger partial charge is 0.477 e. The van der Waals surface area contributed by atoms with Crippen LogP contribution in [0.1, 0.15) is 17.5 Å². The number of halogens is 7. The lowest BCUT2D eigenvalue weighted by Crippen LogP contribution is -2.43. The van der Waals surface area contributed by atoms with Crippen LogP contribution in [-0.4, -0.2) is 37.6 Å².